The van der Waals surface area contributed by atoms with Crippen LogP contribution in [0.25, 0.3) is 17.7 Å². The second-order valence-corrected chi connectivity index (χ2v) is 6.18. The molecule has 0 nitrogen and oxygen atoms in total. The van der Waals surface area contributed by atoms with E-state index >= 15 is 0 Å². The van der Waals surface area contributed by atoms with Gasteiger partial charge in [0, 0.05) is 4.47 Å². The van der Waals surface area contributed by atoms with Gasteiger partial charge in [-0.15, -0.1) is 0 Å². The average molecular weight is 361 g/mol. The van der Waals surface area contributed by atoms with E-state index in [0.717, 1.165) is 4.47 Å². The Morgan fingerprint density at radius 1 is 0.652 bits per heavy atom. The molecule has 3 rings (SSSR count). The molecule has 0 aliphatic carbocycles. The molecule has 1 heteroatoms. The van der Waals surface area contributed by atoms with Crippen molar-refractivity contribution in [2.45, 2.75) is 0 Å². The molecule has 0 heterocycles. The Kier molecular flexibility index (Phi) is 5.23. The number of allylic oxidation sites excluding steroid dienone is 2. The maximum absolute atomic E-state index is 3.47. The fourth-order valence-electron chi connectivity index (χ4n) is 2.35. The Balaban J connectivity index is 1.95. The van der Waals surface area contributed by atoms with Gasteiger partial charge in [-0.05, 0) is 40.5 Å². The molecule has 0 spiro atoms. The molecule has 23 heavy (non-hydrogen) atoms. The molecule has 0 aromatic heterocycles. The Morgan fingerprint density at radius 3 is 1.91 bits per heavy atom. The van der Waals surface area contributed by atoms with Crippen LogP contribution < -0.4 is 0 Å². The molecule has 0 aliphatic heterocycles. The lowest BCUT2D eigenvalue weighted by Crippen LogP contribution is -1.81. The van der Waals surface area contributed by atoms with Crippen molar-refractivity contribution in [3.05, 3.63) is 112 Å². The highest BCUT2D eigenvalue weighted by molar-refractivity contribution is 9.10. The van der Waals surface area contributed by atoms with Crippen molar-refractivity contribution >= 4 is 33.7 Å². The summed E-state index contributed by atoms with van der Waals surface area (Å²) in [5.41, 5.74) is 4.79. The van der Waals surface area contributed by atoms with Crippen molar-refractivity contribution in [2.24, 2.45) is 0 Å². The molecule has 0 aliphatic rings. The van der Waals surface area contributed by atoms with Crippen LogP contribution >= 0.6 is 15.9 Å². The summed E-state index contributed by atoms with van der Waals surface area (Å²) in [5, 5.41) is 0. The van der Waals surface area contributed by atoms with Crippen molar-refractivity contribution < 1.29 is 0 Å². The Bertz CT molecular complexity index is 798. The maximum atomic E-state index is 3.47. The minimum atomic E-state index is 1.10. The molecule has 112 valence electrons. The number of benzene rings is 3. The predicted octanol–water partition coefficient (Wildman–Crippen LogP) is 6.70. The summed E-state index contributed by atoms with van der Waals surface area (Å²) < 4.78 is 1.10. The first kappa shape index (κ1) is 15.5. The molecular formula is C22H17Br. The first-order valence-electron chi connectivity index (χ1n) is 7.57. The van der Waals surface area contributed by atoms with Crippen LogP contribution in [0.1, 0.15) is 16.7 Å². The van der Waals surface area contributed by atoms with E-state index in [-0.39, 0.29) is 0 Å². The molecule has 0 N–H and O–H groups in total. The highest BCUT2D eigenvalue weighted by Crippen LogP contribution is 2.21. The van der Waals surface area contributed by atoms with Crippen LogP contribution in [-0.2, 0) is 0 Å². The summed E-state index contributed by atoms with van der Waals surface area (Å²) in [7, 11) is 0. The van der Waals surface area contributed by atoms with E-state index in [9.17, 15) is 0 Å². The monoisotopic (exact) mass is 360 g/mol. The van der Waals surface area contributed by atoms with E-state index in [0.29, 0.717) is 0 Å². The summed E-state index contributed by atoms with van der Waals surface area (Å²) in [6.45, 7) is 0. The summed E-state index contributed by atoms with van der Waals surface area (Å²) in [5.74, 6) is 0. The lowest BCUT2D eigenvalue weighted by molar-refractivity contribution is 1.60. The molecule has 3 aromatic rings. The molecule has 0 amide bonds. The molecule has 0 radical (unpaired) electrons. The number of halogens is 1. The van der Waals surface area contributed by atoms with Crippen LogP contribution in [0.15, 0.2) is 95.5 Å². The Hall–Kier alpha value is -2.38. The second-order valence-electron chi connectivity index (χ2n) is 5.26. The maximum Gasteiger partial charge on any atom is 0.0175 e. The van der Waals surface area contributed by atoms with E-state index in [1.807, 2.05) is 12.1 Å². The SMILES string of the molecule is Brc1ccc(/C=C/C(=C/c2ccccc2)c2ccccc2)cc1. The third-order valence-corrected chi connectivity index (χ3v) is 4.08. The highest BCUT2D eigenvalue weighted by Gasteiger charge is 1.98. The highest BCUT2D eigenvalue weighted by atomic mass is 79.9. The van der Waals surface area contributed by atoms with Gasteiger partial charge in [0.15, 0.2) is 0 Å². The predicted molar refractivity (Wildman–Crippen MR) is 104 cm³/mol. The topological polar surface area (TPSA) is 0 Å². The van der Waals surface area contributed by atoms with Crippen LogP contribution in [0.2, 0.25) is 0 Å². The molecule has 0 fully saturated rings. The fourth-order valence-corrected chi connectivity index (χ4v) is 2.61. The van der Waals surface area contributed by atoms with Gasteiger partial charge >= 0.3 is 0 Å². The van der Waals surface area contributed by atoms with Crippen molar-refractivity contribution in [3.8, 4) is 0 Å². The molecule has 0 saturated heterocycles. The molecule has 3 aromatic carbocycles. The lowest BCUT2D eigenvalue weighted by Gasteiger charge is -2.04. The molecule has 0 atom stereocenters. The summed E-state index contributed by atoms with van der Waals surface area (Å²) in [6.07, 6.45) is 6.53. The Labute approximate surface area is 145 Å². The van der Waals surface area contributed by atoms with Crippen molar-refractivity contribution in [1.82, 2.24) is 0 Å². The van der Waals surface area contributed by atoms with Crippen LogP contribution in [-0.4, -0.2) is 0 Å². The zero-order valence-electron chi connectivity index (χ0n) is 12.7. The van der Waals surface area contributed by atoms with Crippen molar-refractivity contribution in [2.75, 3.05) is 0 Å². The number of hydrogen-bond acceptors (Lipinski definition) is 0. The van der Waals surface area contributed by atoms with Gasteiger partial charge in [-0.1, -0.05) is 101 Å². The fraction of sp³-hybridized carbons (Fsp3) is 0. The van der Waals surface area contributed by atoms with Gasteiger partial charge in [-0.2, -0.15) is 0 Å². The van der Waals surface area contributed by atoms with Gasteiger partial charge in [0.25, 0.3) is 0 Å². The summed E-state index contributed by atoms with van der Waals surface area (Å²) in [6, 6.07) is 29.2. The van der Waals surface area contributed by atoms with Gasteiger partial charge in [-0.25, -0.2) is 0 Å². The van der Waals surface area contributed by atoms with Crippen molar-refractivity contribution in [1.29, 1.82) is 0 Å². The standard InChI is InChI=1S/C22H17Br/c23-22-15-12-18(13-16-22)11-14-21(20-9-5-2-6-10-20)17-19-7-3-1-4-8-19/h1-17H/b14-11+,21-17-. The molecule has 0 unspecified atom stereocenters. The smallest absolute Gasteiger partial charge is 0.0175 e. The van der Waals surface area contributed by atoms with Crippen molar-refractivity contribution in [3.63, 3.8) is 0 Å². The zero-order valence-corrected chi connectivity index (χ0v) is 14.3. The zero-order chi connectivity index (χ0) is 15.9. The van der Waals surface area contributed by atoms with Gasteiger partial charge in [-0.3, -0.25) is 0 Å². The van der Waals surface area contributed by atoms with E-state index < -0.39 is 0 Å². The third-order valence-electron chi connectivity index (χ3n) is 3.55. The van der Waals surface area contributed by atoms with Gasteiger partial charge in [0.1, 0.15) is 0 Å². The third kappa shape index (κ3) is 4.54. The van der Waals surface area contributed by atoms with Crippen LogP contribution in [0.4, 0.5) is 0 Å². The molecule has 0 bridgehead atoms. The van der Waals surface area contributed by atoms with Crippen LogP contribution in [0, 0.1) is 0 Å². The van der Waals surface area contributed by atoms with E-state index in [1.165, 1.54) is 22.3 Å². The second kappa shape index (κ2) is 7.75. The van der Waals surface area contributed by atoms with E-state index in [4.69, 9.17) is 0 Å². The summed E-state index contributed by atoms with van der Waals surface area (Å²) in [4.78, 5) is 0. The first-order chi connectivity index (χ1) is 11.3. The van der Waals surface area contributed by atoms with Crippen LogP contribution in [0.3, 0.4) is 0 Å². The summed E-state index contributed by atoms with van der Waals surface area (Å²) >= 11 is 3.47. The minimum absolute atomic E-state index is 1.10. The number of hydrogen-bond donors (Lipinski definition) is 0. The van der Waals surface area contributed by atoms with Gasteiger partial charge in [0.2, 0.25) is 0 Å². The first-order valence-corrected chi connectivity index (χ1v) is 8.36. The minimum Gasteiger partial charge on any atom is -0.0622 e. The largest absolute Gasteiger partial charge is 0.0622 e. The quantitative estimate of drug-likeness (QED) is 0.358. The average Bonchev–Trinajstić information content (AvgIpc) is 2.61. The molecule has 0 saturated carbocycles. The normalized spacial score (nSPS) is 11.8. The lowest BCUT2D eigenvalue weighted by atomic mass is 10.0. The van der Waals surface area contributed by atoms with Gasteiger partial charge in [0.05, 0.1) is 0 Å². The Morgan fingerprint density at radius 2 is 1.26 bits per heavy atom. The number of rotatable bonds is 4. The molecular weight excluding hydrogens is 344 g/mol. The van der Waals surface area contributed by atoms with Crippen LogP contribution in [0.5, 0.6) is 0 Å². The van der Waals surface area contributed by atoms with Gasteiger partial charge < -0.3 is 0 Å². The van der Waals surface area contributed by atoms with E-state index in [2.05, 4.69) is 107 Å². The van der Waals surface area contributed by atoms with E-state index in [1.54, 1.807) is 0 Å².